The van der Waals surface area contributed by atoms with Crippen LogP contribution in [-0.2, 0) is 10.3 Å². The zero-order chi connectivity index (χ0) is 11.2. The molecule has 0 amide bonds. The highest BCUT2D eigenvalue weighted by molar-refractivity contribution is 5.26. The molecule has 0 spiro atoms. The van der Waals surface area contributed by atoms with Gasteiger partial charge in [0, 0.05) is 6.42 Å². The molecule has 3 heteroatoms. The third-order valence-electron chi connectivity index (χ3n) is 3.54. The predicted molar refractivity (Wildman–Crippen MR) is 57.4 cm³/mol. The van der Waals surface area contributed by atoms with Crippen molar-refractivity contribution in [2.45, 2.75) is 31.0 Å². The van der Waals surface area contributed by atoms with E-state index in [9.17, 15) is 9.50 Å². The zero-order valence-corrected chi connectivity index (χ0v) is 9.03. The van der Waals surface area contributed by atoms with Gasteiger partial charge < -0.3 is 9.84 Å². The number of hydrogen-bond acceptors (Lipinski definition) is 2. The third-order valence-corrected chi connectivity index (χ3v) is 3.54. The molecular weight excluding hydrogens is 207 g/mol. The molecule has 1 aromatic rings. The van der Waals surface area contributed by atoms with Gasteiger partial charge in [-0.15, -0.1) is 0 Å². The fourth-order valence-corrected chi connectivity index (χ4v) is 2.35. The minimum atomic E-state index is -0.811. The lowest BCUT2D eigenvalue weighted by Crippen LogP contribution is -2.30. The van der Waals surface area contributed by atoms with Gasteiger partial charge in [-0.25, -0.2) is 4.39 Å². The Bertz CT molecular complexity index is 381. The minimum absolute atomic E-state index is 0.190. The molecule has 2 nitrogen and oxygen atoms in total. The maximum atomic E-state index is 12.9. The summed E-state index contributed by atoms with van der Waals surface area (Å²) in [5, 5.41) is 10.7. The van der Waals surface area contributed by atoms with Gasteiger partial charge in [-0.05, 0) is 36.5 Å². The first-order valence-electron chi connectivity index (χ1n) is 5.78. The SMILES string of the molecule is OC(CC1CO1)(c1ccc(F)cc1)C1CC1. The molecule has 1 N–H and O–H groups in total. The summed E-state index contributed by atoms with van der Waals surface area (Å²) < 4.78 is 18.1. The number of ether oxygens (including phenoxy) is 1. The number of epoxide rings is 1. The Morgan fingerprint density at radius 2 is 1.94 bits per heavy atom. The van der Waals surface area contributed by atoms with Crippen LogP contribution in [0.4, 0.5) is 4.39 Å². The smallest absolute Gasteiger partial charge is 0.123 e. The molecule has 3 rings (SSSR count). The normalized spacial score (nSPS) is 27.5. The highest BCUT2D eigenvalue weighted by atomic mass is 19.1. The molecule has 0 bridgehead atoms. The van der Waals surface area contributed by atoms with E-state index < -0.39 is 5.60 Å². The van der Waals surface area contributed by atoms with Crippen molar-refractivity contribution in [1.82, 2.24) is 0 Å². The minimum Gasteiger partial charge on any atom is -0.385 e. The number of halogens is 1. The fraction of sp³-hybridized carbons (Fsp3) is 0.538. The van der Waals surface area contributed by atoms with Gasteiger partial charge in [0.25, 0.3) is 0 Å². The molecule has 2 unspecified atom stereocenters. The molecule has 86 valence electrons. The molecular formula is C13H15FO2. The Hall–Kier alpha value is -0.930. The van der Waals surface area contributed by atoms with Crippen LogP contribution in [0.2, 0.25) is 0 Å². The van der Waals surface area contributed by atoms with E-state index in [0.717, 1.165) is 25.0 Å². The van der Waals surface area contributed by atoms with Crippen LogP contribution in [0.5, 0.6) is 0 Å². The predicted octanol–water partition coefficient (Wildman–Crippen LogP) is 2.21. The van der Waals surface area contributed by atoms with Crippen LogP contribution in [0.1, 0.15) is 24.8 Å². The van der Waals surface area contributed by atoms with Crippen LogP contribution >= 0.6 is 0 Å². The Labute approximate surface area is 94.0 Å². The first-order valence-corrected chi connectivity index (χ1v) is 5.78. The molecule has 2 atom stereocenters. The summed E-state index contributed by atoms with van der Waals surface area (Å²) in [6.07, 6.45) is 2.94. The maximum Gasteiger partial charge on any atom is 0.123 e. The van der Waals surface area contributed by atoms with Crippen LogP contribution in [0.3, 0.4) is 0 Å². The van der Waals surface area contributed by atoms with E-state index in [-0.39, 0.29) is 11.9 Å². The van der Waals surface area contributed by atoms with Gasteiger partial charge in [0.15, 0.2) is 0 Å². The Kier molecular flexibility index (Phi) is 2.26. The second-order valence-corrected chi connectivity index (χ2v) is 4.86. The van der Waals surface area contributed by atoms with E-state index in [1.807, 2.05) is 0 Å². The number of benzene rings is 1. The van der Waals surface area contributed by atoms with Crippen molar-refractivity contribution < 1.29 is 14.2 Å². The topological polar surface area (TPSA) is 32.8 Å². The van der Waals surface area contributed by atoms with E-state index in [2.05, 4.69) is 0 Å². The molecule has 0 aromatic heterocycles. The van der Waals surface area contributed by atoms with E-state index >= 15 is 0 Å². The van der Waals surface area contributed by atoms with Crippen molar-refractivity contribution in [3.05, 3.63) is 35.6 Å². The van der Waals surface area contributed by atoms with Gasteiger partial charge in [0.2, 0.25) is 0 Å². The average Bonchev–Trinajstić information content (AvgIpc) is 3.13. The van der Waals surface area contributed by atoms with Crippen molar-refractivity contribution in [2.24, 2.45) is 5.92 Å². The summed E-state index contributed by atoms with van der Waals surface area (Å²) in [4.78, 5) is 0. The number of rotatable bonds is 4. The Balaban J connectivity index is 1.88. The first kappa shape index (κ1) is 10.2. The van der Waals surface area contributed by atoms with Gasteiger partial charge in [-0.2, -0.15) is 0 Å². The monoisotopic (exact) mass is 222 g/mol. The second kappa shape index (κ2) is 3.54. The first-order chi connectivity index (χ1) is 7.68. The summed E-state index contributed by atoms with van der Waals surface area (Å²) in [7, 11) is 0. The fourth-order valence-electron chi connectivity index (χ4n) is 2.35. The van der Waals surface area contributed by atoms with Gasteiger partial charge in [0.1, 0.15) is 5.82 Å². The number of hydrogen-bond donors (Lipinski definition) is 1. The summed E-state index contributed by atoms with van der Waals surface area (Å²) in [5.74, 6) is 0.0618. The maximum absolute atomic E-state index is 12.9. The van der Waals surface area contributed by atoms with Gasteiger partial charge >= 0.3 is 0 Å². The molecule has 2 aliphatic rings. The summed E-state index contributed by atoms with van der Waals surface area (Å²) >= 11 is 0. The van der Waals surface area contributed by atoms with E-state index in [0.29, 0.717) is 12.3 Å². The second-order valence-electron chi connectivity index (χ2n) is 4.86. The van der Waals surface area contributed by atoms with Crippen molar-refractivity contribution in [3.63, 3.8) is 0 Å². The molecule has 0 radical (unpaired) electrons. The van der Waals surface area contributed by atoms with Crippen molar-refractivity contribution in [1.29, 1.82) is 0 Å². The Morgan fingerprint density at radius 1 is 1.31 bits per heavy atom. The summed E-state index contributed by atoms with van der Waals surface area (Å²) in [6, 6.07) is 6.21. The highest BCUT2D eigenvalue weighted by Gasteiger charge is 2.48. The summed E-state index contributed by atoms with van der Waals surface area (Å²) in [5.41, 5.74) is 0.0152. The molecule has 2 fully saturated rings. The van der Waals surface area contributed by atoms with Crippen LogP contribution < -0.4 is 0 Å². The standard InChI is InChI=1S/C13H15FO2/c14-11-5-3-10(4-6-11)13(15,9-1-2-9)7-12-8-16-12/h3-6,9,12,15H,1-2,7-8H2. The van der Waals surface area contributed by atoms with E-state index in [4.69, 9.17) is 4.74 Å². The molecule has 1 heterocycles. The van der Waals surface area contributed by atoms with E-state index in [1.165, 1.54) is 12.1 Å². The van der Waals surface area contributed by atoms with Gasteiger partial charge in [-0.1, -0.05) is 12.1 Å². The van der Waals surface area contributed by atoms with Crippen LogP contribution in [0.25, 0.3) is 0 Å². The van der Waals surface area contributed by atoms with Crippen LogP contribution in [0, 0.1) is 11.7 Å². The molecule has 1 saturated heterocycles. The van der Waals surface area contributed by atoms with Gasteiger partial charge in [0.05, 0.1) is 18.3 Å². The molecule has 1 saturated carbocycles. The lowest BCUT2D eigenvalue weighted by atomic mass is 9.84. The van der Waals surface area contributed by atoms with Crippen LogP contribution in [0.15, 0.2) is 24.3 Å². The molecule has 1 aliphatic heterocycles. The van der Waals surface area contributed by atoms with Crippen molar-refractivity contribution in [2.75, 3.05) is 6.61 Å². The van der Waals surface area contributed by atoms with E-state index in [1.54, 1.807) is 12.1 Å². The molecule has 16 heavy (non-hydrogen) atoms. The van der Waals surface area contributed by atoms with Crippen LogP contribution in [-0.4, -0.2) is 17.8 Å². The van der Waals surface area contributed by atoms with Crippen molar-refractivity contribution >= 4 is 0 Å². The largest absolute Gasteiger partial charge is 0.385 e. The molecule has 1 aliphatic carbocycles. The van der Waals surface area contributed by atoms with Crippen molar-refractivity contribution in [3.8, 4) is 0 Å². The lowest BCUT2D eigenvalue weighted by Gasteiger charge is -2.28. The highest BCUT2D eigenvalue weighted by Crippen LogP contribution is 2.49. The third kappa shape index (κ3) is 1.85. The molecule has 1 aromatic carbocycles. The Morgan fingerprint density at radius 3 is 2.44 bits per heavy atom. The van der Waals surface area contributed by atoms with Gasteiger partial charge in [-0.3, -0.25) is 0 Å². The quantitative estimate of drug-likeness (QED) is 0.792. The zero-order valence-electron chi connectivity index (χ0n) is 9.03. The average molecular weight is 222 g/mol. The lowest BCUT2D eigenvalue weighted by molar-refractivity contribution is -0.00259. The number of aliphatic hydroxyl groups is 1. The summed E-state index contributed by atoms with van der Waals surface area (Å²) in [6.45, 7) is 0.746.